The third-order valence-electron chi connectivity index (χ3n) is 6.81. The summed E-state index contributed by atoms with van der Waals surface area (Å²) >= 11 is 1.40. The largest absolute Gasteiger partial charge is 0.497 e. The molecule has 1 fully saturated rings. The van der Waals surface area contributed by atoms with E-state index in [0.717, 1.165) is 66.5 Å². The number of thiophene rings is 1. The van der Waals surface area contributed by atoms with E-state index in [1.54, 1.807) is 13.3 Å². The maximum Gasteiger partial charge on any atom is 0.261 e. The number of methoxy groups -OCH3 is 1. The predicted molar refractivity (Wildman–Crippen MR) is 155 cm³/mol. The monoisotopic (exact) mass is 543 g/mol. The van der Waals surface area contributed by atoms with E-state index in [1.807, 2.05) is 54.6 Å². The first-order chi connectivity index (χ1) is 19.1. The second-order valence-corrected chi connectivity index (χ2v) is 10.7. The molecule has 0 spiro atoms. The third kappa shape index (κ3) is 7.41. The summed E-state index contributed by atoms with van der Waals surface area (Å²) in [4.78, 5) is 25.7. The van der Waals surface area contributed by atoms with Crippen LogP contribution < -0.4 is 15.4 Å². The summed E-state index contributed by atoms with van der Waals surface area (Å²) in [5.74, 6) is 1.14. The number of hydrogen-bond acceptors (Lipinski definition) is 8. The zero-order valence-corrected chi connectivity index (χ0v) is 22.8. The lowest BCUT2D eigenvalue weighted by molar-refractivity contribution is 0.0832. The predicted octanol–water partition coefficient (Wildman–Crippen LogP) is 4.89. The van der Waals surface area contributed by atoms with Crippen LogP contribution in [-0.2, 0) is 13.0 Å². The molecule has 9 heteroatoms. The first kappa shape index (κ1) is 26.8. The highest BCUT2D eigenvalue weighted by Crippen LogP contribution is 2.28. The number of likely N-dealkylation sites (tertiary alicyclic amines) is 1. The Morgan fingerprint density at radius 3 is 2.69 bits per heavy atom. The molecule has 202 valence electrons. The molecular formula is C30H33N5O3S. The van der Waals surface area contributed by atoms with Crippen molar-refractivity contribution < 1.29 is 14.6 Å². The average molecular weight is 544 g/mol. The van der Waals surface area contributed by atoms with Crippen molar-refractivity contribution in [3.8, 4) is 16.3 Å². The summed E-state index contributed by atoms with van der Waals surface area (Å²) in [6, 6.07) is 21.6. The lowest BCUT2D eigenvalue weighted by atomic mass is 10.1. The van der Waals surface area contributed by atoms with Crippen LogP contribution in [0.4, 0.5) is 11.6 Å². The van der Waals surface area contributed by atoms with Crippen LogP contribution in [0.2, 0.25) is 0 Å². The second kappa shape index (κ2) is 12.8. The summed E-state index contributed by atoms with van der Waals surface area (Å²) in [5, 5.41) is 15.9. The number of aliphatic hydroxyl groups is 1. The van der Waals surface area contributed by atoms with Crippen LogP contribution in [-0.4, -0.2) is 58.7 Å². The molecule has 0 radical (unpaired) electrons. The fraction of sp³-hybridized carbons (Fsp3) is 0.300. The van der Waals surface area contributed by atoms with Crippen LogP contribution in [0.3, 0.4) is 0 Å². The van der Waals surface area contributed by atoms with Gasteiger partial charge in [0.05, 0.1) is 28.7 Å². The van der Waals surface area contributed by atoms with Crippen LogP contribution in [0, 0.1) is 0 Å². The summed E-state index contributed by atoms with van der Waals surface area (Å²) in [7, 11) is 1.63. The molecule has 1 amide bonds. The Hall–Kier alpha value is -3.79. The standard InChI is InChI=1S/C30H33N5O3S/c1-38-25-4-2-3-22(19-25)20-32-29(37)28-10-9-27(39-28)26-11-15-31-30(34-26)33-23-7-5-21(6-8-23)12-16-35-17-13-24(36)14-18-35/h2-11,15,19,24,36H,12-14,16-18,20H2,1H3,(H,32,37)(H,31,33,34). The highest BCUT2D eigenvalue weighted by Gasteiger charge is 2.16. The van der Waals surface area contributed by atoms with Gasteiger partial charge in [-0.2, -0.15) is 0 Å². The van der Waals surface area contributed by atoms with Gasteiger partial charge in [-0.1, -0.05) is 24.3 Å². The zero-order chi connectivity index (χ0) is 27.0. The molecule has 0 saturated carbocycles. The Bertz CT molecular complexity index is 1380. The molecule has 1 aliphatic heterocycles. The van der Waals surface area contributed by atoms with E-state index in [1.165, 1.54) is 16.9 Å². The van der Waals surface area contributed by atoms with E-state index in [0.29, 0.717) is 17.4 Å². The van der Waals surface area contributed by atoms with Gasteiger partial charge in [0.15, 0.2) is 0 Å². The van der Waals surface area contributed by atoms with Crippen molar-refractivity contribution >= 4 is 28.9 Å². The number of benzene rings is 2. The molecule has 0 aliphatic carbocycles. The minimum Gasteiger partial charge on any atom is -0.497 e. The molecule has 1 saturated heterocycles. The van der Waals surface area contributed by atoms with E-state index in [4.69, 9.17) is 4.74 Å². The molecule has 2 aromatic heterocycles. The Morgan fingerprint density at radius 2 is 1.90 bits per heavy atom. The van der Waals surface area contributed by atoms with Gasteiger partial charge in [0.2, 0.25) is 5.95 Å². The van der Waals surface area contributed by atoms with Crippen LogP contribution >= 0.6 is 11.3 Å². The molecule has 2 aromatic carbocycles. The van der Waals surface area contributed by atoms with Gasteiger partial charge in [0.1, 0.15) is 5.75 Å². The van der Waals surface area contributed by atoms with Crippen LogP contribution in [0.25, 0.3) is 10.6 Å². The third-order valence-corrected chi connectivity index (χ3v) is 7.92. The summed E-state index contributed by atoms with van der Waals surface area (Å²) in [6.45, 7) is 3.36. The number of rotatable bonds is 10. The van der Waals surface area contributed by atoms with Crippen molar-refractivity contribution in [3.63, 3.8) is 0 Å². The van der Waals surface area contributed by atoms with E-state index in [9.17, 15) is 9.90 Å². The van der Waals surface area contributed by atoms with Crippen molar-refractivity contribution in [2.24, 2.45) is 0 Å². The number of carbonyl (C=O) groups excluding carboxylic acids is 1. The fourth-order valence-corrected chi connectivity index (χ4v) is 5.41. The van der Waals surface area contributed by atoms with E-state index < -0.39 is 0 Å². The smallest absolute Gasteiger partial charge is 0.261 e. The van der Waals surface area contributed by atoms with Crippen molar-refractivity contribution in [3.05, 3.63) is 88.9 Å². The van der Waals surface area contributed by atoms with Gasteiger partial charge in [-0.25, -0.2) is 9.97 Å². The normalized spacial score (nSPS) is 14.2. The Morgan fingerprint density at radius 1 is 1.08 bits per heavy atom. The SMILES string of the molecule is COc1cccc(CNC(=O)c2ccc(-c3ccnc(Nc4ccc(CCN5CCC(O)CC5)cc4)n3)s2)c1. The van der Waals surface area contributed by atoms with Crippen LogP contribution in [0.15, 0.2) is 72.9 Å². The second-order valence-electron chi connectivity index (χ2n) is 9.61. The molecule has 0 bridgehead atoms. The van der Waals surface area contributed by atoms with Crippen molar-refractivity contribution in [1.29, 1.82) is 0 Å². The topological polar surface area (TPSA) is 99.6 Å². The molecule has 8 nitrogen and oxygen atoms in total. The minimum absolute atomic E-state index is 0.126. The van der Waals surface area contributed by atoms with Gasteiger partial charge in [-0.05, 0) is 72.9 Å². The van der Waals surface area contributed by atoms with Crippen molar-refractivity contribution in [2.75, 3.05) is 32.1 Å². The van der Waals surface area contributed by atoms with Gasteiger partial charge in [-0.3, -0.25) is 4.79 Å². The molecule has 5 rings (SSSR count). The highest BCUT2D eigenvalue weighted by atomic mass is 32.1. The number of carbonyl (C=O) groups is 1. The number of piperidine rings is 1. The zero-order valence-electron chi connectivity index (χ0n) is 22.0. The summed E-state index contributed by atoms with van der Waals surface area (Å²) in [5.41, 5.74) is 3.92. The van der Waals surface area contributed by atoms with E-state index in [-0.39, 0.29) is 12.0 Å². The Balaban J connectivity index is 1.15. The quantitative estimate of drug-likeness (QED) is 0.262. The maximum absolute atomic E-state index is 12.7. The number of hydrogen-bond donors (Lipinski definition) is 3. The first-order valence-electron chi connectivity index (χ1n) is 13.2. The maximum atomic E-state index is 12.7. The van der Waals surface area contributed by atoms with E-state index in [2.05, 4.69) is 37.6 Å². The number of nitrogens with one attached hydrogen (secondary N) is 2. The Labute approximate surface area is 232 Å². The number of amides is 1. The number of ether oxygens (including phenoxy) is 1. The van der Waals surface area contributed by atoms with Gasteiger partial charge in [-0.15, -0.1) is 11.3 Å². The van der Waals surface area contributed by atoms with Gasteiger partial charge >= 0.3 is 0 Å². The van der Waals surface area contributed by atoms with Crippen LogP contribution in [0.5, 0.6) is 5.75 Å². The summed E-state index contributed by atoms with van der Waals surface area (Å²) < 4.78 is 5.25. The number of nitrogens with zero attached hydrogens (tertiary/aromatic N) is 3. The molecule has 1 aliphatic rings. The van der Waals surface area contributed by atoms with Gasteiger partial charge in [0.25, 0.3) is 5.91 Å². The van der Waals surface area contributed by atoms with Crippen LogP contribution in [0.1, 0.15) is 33.6 Å². The first-order valence-corrected chi connectivity index (χ1v) is 14.0. The number of aromatic nitrogens is 2. The van der Waals surface area contributed by atoms with Gasteiger partial charge < -0.3 is 25.4 Å². The average Bonchev–Trinajstić information content (AvgIpc) is 3.47. The molecule has 39 heavy (non-hydrogen) atoms. The van der Waals surface area contributed by atoms with Gasteiger partial charge in [0, 0.05) is 38.1 Å². The Kier molecular flexibility index (Phi) is 8.82. The molecule has 3 heterocycles. The highest BCUT2D eigenvalue weighted by molar-refractivity contribution is 7.17. The lowest BCUT2D eigenvalue weighted by Crippen LogP contribution is -2.37. The summed E-state index contributed by atoms with van der Waals surface area (Å²) in [6.07, 6.45) is 4.30. The molecule has 0 unspecified atom stereocenters. The van der Waals surface area contributed by atoms with Crippen molar-refractivity contribution in [2.45, 2.75) is 31.9 Å². The minimum atomic E-state index is -0.135. The fourth-order valence-electron chi connectivity index (χ4n) is 4.52. The number of anilines is 2. The molecule has 0 atom stereocenters. The molecule has 3 N–H and O–H groups in total. The van der Waals surface area contributed by atoms with E-state index >= 15 is 0 Å². The van der Waals surface area contributed by atoms with Crippen molar-refractivity contribution in [1.82, 2.24) is 20.2 Å². The molecular weight excluding hydrogens is 510 g/mol. The lowest BCUT2D eigenvalue weighted by Gasteiger charge is -2.29. The number of aliphatic hydroxyl groups excluding tert-OH is 1. The molecule has 4 aromatic rings.